The van der Waals surface area contributed by atoms with Crippen molar-refractivity contribution in [3.63, 3.8) is 0 Å². The van der Waals surface area contributed by atoms with E-state index in [9.17, 15) is 27.6 Å². The van der Waals surface area contributed by atoms with E-state index >= 15 is 0 Å². The summed E-state index contributed by atoms with van der Waals surface area (Å²) in [6.45, 7) is 15.8. The molecule has 6 rings (SSSR count). The Morgan fingerprint density at radius 1 is 1.09 bits per heavy atom. The van der Waals surface area contributed by atoms with E-state index in [0.717, 1.165) is 5.56 Å². The van der Waals surface area contributed by atoms with Gasteiger partial charge in [0.05, 0.1) is 24.6 Å². The predicted octanol–water partition coefficient (Wildman–Crippen LogP) is 4.16. The molecule has 16 nitrogen and oxygen atoms in total. The maximum absolute atomic E-state index is 14.6. The van der Waals surface area contributed by atoms with Gasteiger partial charge in [-0.2, -0.15) is 0 Å². The Bertz CT molecular complexity index is 2150. The molecule has 1 aliphatic heterocycles. The van der Waals surface area contributed by atoms with Gasteiger partial charge < -0.3 is 34.3 Å². The number of methoxy groups -OCH3 is 1. The fourth-order valence-corrected chi connectivity index (χ4v) is 8.18. The van der Waals surface area contributed by atoms with Crippen LogP contribution in [0.25, 0.3) is 22.4 Å². The Morgan fingerprint density at radius 3 is 2.34 bits per heavy atom. The number of aromatic nitrogens is 2. The fraction of sp³-hybridized carbons (Fsp3) is 0.538. The molecule has 3 aliphatic rings. The number of benzene rings is 1. The van der Waals surface area contributed by atoms with Crippen molar-refractivity contribution in [3.05, 3.63) is 48.7 Å². The third-order valence-corrected chi connectivity index (χ3v) is 11.9. The Morgan fingerprint density at radius 2 is 1.77 bits per heavy atom. The highest BCUT2D eigenvalue weighted by atomic mass is 32.2. The van der Waals surface area contributed by atoms with Gasteiger partial charge in [0.25, 0.3) is 5.91 Å². The molecule has 3 fully saturated rings. The summed E-state index contributed by atoms with van der Waals surface area (Å²) in [5.41, 5.74) is -0.728. The maximum Gasteiger partial charge on any atom is 0.408 e. The van der Waals surface area contributed by atoms with E-state index in [4.69, 9.17) is 23.7 Å². The van der Waals surface area contributed by atoms with Crippen molar-refractivity contribution in [2.75, 3.05) is 13.7 Å². The monoisotopic (exact) mass is 794 g/mol. The highest BCUT2D eigenvalue weighted by Gasteiger charge is 2.62. The molecular weight excluding hydrogens is 745 g/mol. The van der Waals surface area contributed by atoms with Crippen LogP contribution in [0.1, 0.15) is 72.9 Å². The first-order valence-corrected chi connectivity index (χ1v) is 20.1. The molecule has 3 heterocycles. The molecule has 2 saturated carbocycles. The van der Waals surface area contributed by atoms with Crippen molar-refractivity contribution >= 4 is 44.9 Å². The van der Waals surface area contributed by atoms with Crippen LogP contribution in [-0.2, 0) is 29.1 Å². The van der Waals surface area contributed by atoms with Gasteiger partial charge in [0.2, 0.25) is 27.4 Å². The number of fused-ring (bicyclic) bond motifs is 1. The number of hydrogen-bond donors (Lipinski definition) is 3. The number of nitrogens with zero attached hydrogens (tertiary/aromatic N) is 3. The standard InChI is InChI=1S/C39H50N6O10S/c1-10-23-19-39(23,35(48)44-56(50,51)26-15-16-26)42-33(46)28-17-25(20-45(28)34(47)32(37(3,4)5)41-36(49)54-38(6,7)8)53-29-18-27(22-11-13-24(52-9)14-12-22)40-30-21(2)43-55-31(29)30/h10-14,18,23,25-26,28,32H,1,15-17,19-20H2,2-9H3,(H,41,49)(H,42,46)(H,44,48)/t23-,25-,28+,32-,39-/m1/s1. The largest absolute Gasteiger partial charge is 0.497 e. The van der Waals surface area contributed by atoms with E-state index in [1.165, 1.54) is 11.0 Å². The number of rotatable bonds is 12. The average molecular weight is 795 g/mol. The number of likely N-dealkylation sites (tertiary alicyclic amines) is 1. The van der Waals surface area contributed by atoms with Crippen LogP contribution in [-0.4, -0.2) is 95.5 Å². The summed E-state index contributed by atoms with van der Waals surface area (Å²) in [7, 11) is -2.35. The second-order valence-corrected chi connectivity index (χ2v) is 18.8. The van der Waals surface area contributed by atoms with Crippen molar-refractivity contribution in [1.82, 2.24) is 30.4 Å². The van der Waals surface area contributed by atoms with Gasteiger partial charge in [0.15, 0.2) is 5.75 Å². The smallest absolute Gasteiger partial charge is 0.408 e. The summed E-state index contributed by atoms with van der Waals surface area (Å²) in [4.78, 5) is 61.7. The summed E-state index contributed by atoms with van der Waals surface area (Å²) in [5, 5.41) is 8.92. The molecule has 5 atom stereocenters. The zero-order valence-corrected chi connectivity index (χ0v) is 33.7. The molecule has 0 spiro atoms. The molecule has 17 heteroatoms. The summed E-state index contributed by atoms with van der Waals surface area (Å²) in [6, 6.07) is 6.62. The fourth-order valence-electron chi connectivity index (χ4n) is 6.81. The minimum absolute atomic E-state index is 0.0352. The SMILES string of the molecule is C=C[C@@H]1C[C@]1(NC(=O)[C@@H]1C[C@@H](Oc2cc(-c3ccc(OC)cc3)nc3c(C)noc23)CN1C(=O)[C@@H](NC(=O)OC(C)(C)C)C(C)(C)C)C(=O)NS(=O)(=O)C1CC1. The first-order chi connectivity index (χ1) is 26.2. The number of carbonyl (C=O) groups is 4. The molecule has 3 N–H and O–H groups in total. The Hall–Kier alpha value is -5.19. The average Bonchev–Trinajstić information content (AvgIpc) is 4.02. The highest BCUT2D eigenvalue weighted by molar-refractivity contribution is 7.91. The van der Waals surface area contributed by atoms with Crippen molar-refractivity contribution in [2.45, 2.75) is 109 Å². The minimum atomic E-state index is -3.93. The van der Waals surface area contributed by atoms with Gasteiger partial charge in [-0.25, -0.2) is 18.2 Å². The lowest BCUT2D eigenvalue weighted by atomic mass is 9.85. The predicted molar refractivity (Wildman–Crippen MR) is 205 cm³/mol. The van der Waals surface area contributed by atoms with Gasteiger partial charge in [0.1, 0.15) is 46.3 Å². The topological polar surface area (TPSA) is 208 Å². The second-order valence-electron chi connectivity index (χ2n) is 16.8. The first-order valence-electron chi connectivity index (χ1n) is 18.5. The van der Waals surface area contributed by atoms with Crippen LogP contribution in [0.4, 0.5) is 4.79 Å². The van der Waals surface area contributed by atoms with Crippen LogP contribution >= 0.6 is 0 Å². The van der Waals surface area contributed by atoms with Gasteiger partial charge in [-0.15, -0.1) is 6.58 Å². The molecule has 3 aromatic rings. The normalized spacial score (nSPS) is 22.9. The van der Waals surface area contributed by atoms with E-state index in [2.05, 4.69) is 27.1 Å². The van der Waals surface area contributed by atoms with Crippen molar-refractivity contribution in [2.24, 2.45) is 11.3 Å². The number of ether oxygens (including phenoxy) is 3. The molecule has 1 aromatic carbocycles. The Kier molecular flexibility index (Phi) is 10.6. The lowest BCUT2D eigenvalue weighted by molar-refractivity contribution is -0.143. The zero-order valence-electron chi connectivity index (χ0n) is 32.9. The van der Waals surface area contributed by atoms with Gasteiger partial charge in [-0.1, -0.05) is 32.0 Å². The molecule has 0 unspecified atom stereocenters. The van der Waals surface area contributed by atoms with Crippen LogP contribution in [0, 0.1) is 18.3 Å². The van der Waals surface area contributed by atoms with Crippen molar-refractivity contribution in [3.8, 4) is 22.8 Å². The number of hydrogen-bond acceptors (Lipinski definition) is 12. The highest BCUT2D eigenvalue weighted by Crippen LogP contribution is 2.46. The molecule has 302 valence electrons. The molecule has 0 bridgehead atoms. The van der Waals surface area contributed by atoms with Crippen LogP contribution in [0.15, 0.2) is 47.5 Å². The van der Waals surface area contributed by atoms with E-state index < -0.39 is 79.7 Å². The molecule has 2 aliphatic carbocycles. The van der Waals surface area contributed by atoms with E-state index in [-0.39, 0.29) is 30.7 Å². The molecule has 2 aromatic heterocycles. The van der Waals surface area contributed by atoms with Crippen LogP contribution in [0.5, 0.6) is 11.5 Å². The van der Waals surface area contributed by atoms with E-state index in [1.54, 1.807) is 73.8 Å². The number of amides is 4. The maximum atomic E-state index is 14.6. The van der Waals surface area contributed by atoms with Crippen LogP contribution in [0.2, 0.25) is 0 Å². The Labute approximate surface area is 326 Å². The second kappa shape index (κ2) is 14.7. The number of carbonyl (C=O) groups excluding carboxylic acids is 4. The molecule has 4 amide bonds. The van der Waals surface area contributed by atoms with Gasteiger partial charge in [-0.05, 0) is 76.6 Å². The first kappa shape index (κ1) is 40.5. The van der Waals surface area contributed by atoms with Gasteiger partial charge >= 0.3 is 6.09 Å². The minimum Gasteiger partial charge on any atom is -0.497 e. The number of alkyl carbamates (subject to hydrolysis) is 1. The zero-order chi connectivity index (χ0) is 41.0. The molecule has 1 saturated heterocycles. The third-order valence-electron chi connectivity index (χ3n) is 10.1. The molecule has 56 heavy (non-hydrogen) atoms. The van der Waals surface area contributed by atoms with Gasteiger partial charge in [-0.3, -0.25) is 19.1 Å². The number of sulfonamides is 1. The number of nitrogens with one attached hydrogen (secondary N) is 3. The quantitative estimate of drug-likeness (QED) is 0.221. The number of pyridine rings is 1. The van der Waals surface area contributed by atoms with Crippen LogP contribution < -0.4 is 24.8 Å². The number of aryl methyl sites for hydroxylation is 1. The summed E-state index contributed by atoms with van der Waals surface area (Å²) < 4.78 is 50.6. The van der Waals surface area contributed by atoms with Crippen molar-refractivity contribution in [1.29, 1.82) is 0 Å². The lowest BCUT2D eigenvalue weighted by Crippen LogP contribution is -2.60. The molecular formula is C39H50N6O10S. The van der Waals surface area contributed by atoms with Crippen molar-refractivity contribution < 1.29 is 46.3 Å². The van der Waals surface area contributed by atoms with E-state index in [0.29, 0.717) is 35.5 Å². The lowest BCUT2D eigenvalue weighted by Gasteiger charge is -2.36. The molecule has 0 radical (unpaired) electrons. The van der Waals surface area contributed by atoms with Crippen LogP contribution in [0.3, 0.4) is 0 Å². The van der Waals surface area contributed by atoms with E-state index in [1.807, 2.05) is 12.1 Å². The summed E-state index contributed by atoms with van der Waals surface area (Å²) in [6.07, 6.45) is 0.842. The third kappa shape index (κ3) is 8.46. The van der Waals surface area contributed by atoms with Gasteiger partial charge in [0, 0.05) is 24.0 Å². The summed E-state index contributed by atoms with van der Waals surface area (Å²) >= 11 is 0. The Balaban J connectivity index is 1.33. The summed E-state index contributed by atoms with van der Waals surface area (Å²) in [5.74, 6) is -1.77.